The highest BCUT2D eigenvalue weighted by atomic mass is 19.2. The number of nitrogens with one attached hydrogen (secondary N) is 3. The van der Waals surface area contributed by atoms with Crippen LogP contribution in [0.25, 0.3) is 22.2 Å². The fourth-order valence-corrected chi connectivity index (χ4v) is 3.11. The minimum Gasteiger partial charge on any atom is -0.331 e. The molecule has 4 aromatic rings. The standard InChI is InChI=1S/C21H18F2N6O/c1-11-7-14(5-6-24-11)20-15-10-25-19(9-18(15)28-29-20)27-21(30)26-12(2)13-3-4-16(22)17(23)8-13/h3-10,12H,1-2H3,(H,28,29)(H2,25,26,27,30)/t12-/m1/s1. The van der Waals surface area contributed by atoms with E-state index in [0.29, 0.717) is 16.9 Å². The summed E-state index contributed by atoms with van der Waals surface area (Å²) >= 11 is 0. The zero-order valence-electron chi connectivity index (χ0n) is 16.2. The van der Waals surface area contributed by atoms with Gasteiger partial charge in [0.15, 0.2) is 11.6 Å². The predicted octanol–water partition coefficient (Wildman–Crippen LogP) is 4.49. The maximum absolute atomic E-state index is 13.4. The molecule has 0 aliphatic rings. The molecule has 0 saturated heterocycles. The number of urea groups is 1. The molecular weight excluding hydrogens is 390 g/mol. The lowest BCUT2D eigenvalue weighted by atomic mass is 10.1. The van der Waals surface area contributed by atoms with Crippen LogP contribution in [0.15, 0.2) is 48.8 Å². The van der Waals surface area contributed by atoms with Gasteiger partial charge in [0, 0.05) is 35.1 Å². The zero-order chi connectivity index (χ0) is 21.3. The molecule has 3 heterocycles. The number of hydrogen-bond acceptors (Lipinski definition) is 4. The van der Waals surface area contributed by atoms with E-state index in [1.807, 2.05) is 19.1 Å². The number of aromatic nitrogens is 4. The molecule has 7 nitrogen and oxygen atoms in total. The summed E-state index contributed by atoms with van der Waals surface area (Å²) in [6.45, 7) is 3.57. The SMILES string of the molecule is Cc1cc(-c2n[nH]c3cc(NC(=O)N[C@H](C)c4ccc(F)c(F)c4)ncc23)ccn1. The molecule has 0 fully saturated rings. The van der Waals surface area contributed by atoms with Crippen molar-refractivity contribution in [3.8, 4) is 11.3 Å². The fourth-order valence-electron chi connectivity index (χ4n) is 3.11. The highest BCUT2D eigenvalue weighted by Crippen LogP contribution is 2.27. The van der Waals surface area contributed by atoms with Crippen LogP contribution in [0.3, 0.4) is 0 Å². The first-order valence-electron chi connectivity index (χ1n) is 9.20. The van der Waals surface area contributed by atoms with Crippen LogP contribution in [-0.4, -0.2) is 26.2 Å². The molecule has 2 amide bonds. The van der Waals surface area contributed by atoms with Gasteiger partial charge >= 0.3 is 6.03 Å². The topological polar surface area (TPSA) is 95.6 Å². The second-order valence-electron chi connectivity index (χ2n) is 6.87. The fraction of sp³-hybridized carbons (Fsp3) is 0.143. The number of aryl methyl sites for hydroxylation is 1. The second-order valence-corrected chi connectivity index (χ2v) is 6.87. The molecule has 1 aromatic carbocycles. The number of rotatable bonds is 4. The summed E-state index contributed by atoms with van der Waals surface area (Å²) in [5, 5.41) is 13.4. The highest BCUT2D eigenvalue weighted by Gasteiger charge is 2.14. The molecule has 0 saturated carbocycles. The lowest BCUT2D eigenvalue weighted by Crippen LogP contribution is -2.31. The first-order valence-corrected chi connectivity index (χ1v) is 9.20. The van der Waals surface area contributed by atoms with Crippen LogP contribution < -0.4 is 10.6 Å². The monoisotopic (exact) mass is 408 g/mol. The summed E-state index contributed by atoms with van der Waals surface area (Å²) in [5.41, 5.74) is 3.68. The predicted molar refractivity (Wildman–Crippen MR) is 109 cm³/mol. The third-order valence-corrected chi connectivity index (χ3v) is 4.65. The number of carbonyl (C=O) groups is 1. The molecule has 1 atom stereocenters. The van der Waals surface area contributed by atoms with Crippen molar-refractivity contribution in [3.63, 3.8) is 0 Å². The maximum Gasteiger partial charge on any atom is 0.320 e. The van der Waals surface area contributed by atoms with Crippen LogP contribution in [0.1, 0.15) is 24.2 Å². The molecule has 0 aliphatic carbocycles. The Bertz CT molecular complexity index is 1240. The first kappa shape index (κ1) is 19.4. The summed E-state index contributed by atoms with van der Waals surface area (Å²) in [7, 11) is 0. The Kier molecular flexibility index (Phi) is 5.09. The van der Waals surface area contributed by atoms with Crippen LogP contribution in [0.5, 0.6) is 0 Å². The number of anilines is 1. The van der Waals surface area contributed by atoms with E-state index in [0.717, 1.165) is 34.5 Å². The van der Waals surface area contributed by atoms with Gasteiger partial charge in [0.05, 0.1) is 11.6 Å². The average Bonchev–Trinajstić information content (AvgIpc) is 3.13. The van der Waals surface area contributed by atoms with Gasteiger partial charge < -0.3 is 5.32 Å². The molecule has 0 radical (unpaired) electrons. The third-order valence-electron chi connectivity index (χ3n) is 4.65. The van der Waals surface area contributed by atoms with E-state index in [1.54, 1.807) is 25.4 Å². The van der Waals surface area contributed by atoms with Crippen molar-refractivity contribution in [1.82, 2.24) is 25.5 Å². The van der Waals surface area contributed by atoms with Crippen LogP contribution >= 0.6 is 0 Å². The molecule has 0 bridgehead atoms. The Labute approximate surface area is 170 Å². The minimum absolute atomic E-state index is 0.318. The number of amides is 2. The average molecular weight is 408 g/mol. The van der Waals surface area contributed by atoms with Crippen LogP contribution in [0.2, 0.25) is 0 Å². The van der Waals surface area contributed by atoms with Gasteiger partial charge in [-0.2, -0.15) is 5.10 Å². The van der Waals surface area contributed by atoms with Gasteiger partial charge in [-0.25, -0.2) is 18.6 Å². The number of halogens is 2. The van der Waals surface area contributed by atoms with Gasteiger partial charge in [-0.3, -0.25) is 15.4 Å². The zero-order valence-corrected chi connectivity index (χ0v) is 16.2. The van der Waals surface area contributed by atoms with Crippen molar-refractivity contribution >= 4 is 22.8 Å². The van der Waals surface area contributed by atoms with Crippen molar-refractivity contribution < 1.29 is 13.6 Å². The summed E-state index contributed by atoms with van der Waals surface area (Å²) in [4.78, 5) is 20.7. The smallest absolute Gasteiger partial charge is 0.320 e. The molecular formula is C21H18F2N6O. The van der Waals surface area contributed by atoms with E-state index in [-0.39, 0.29) is 0 Å². The van der Waals surface area contributed by atoms with Crippen molar-refractivity contribution in [2.24, 2.45) is 0 Å². The molecule has 0 aliphatic heterocycles. The summed E-state index contributed by atoms with van der Waals surface area (Å²) in [6, 6.07) is 7.90. The molecule has 30 heavy (non-hydrogen) atoms. The number of benzene rings is 1. The van der Waals surface area contributed by atoms with Crippen LogP contribution in [0.4, 0.5) is 19.4 Å². The van der Waals surface area contributed by atoms with E-state index in [1.165, 1.54) is 6.07 Å². The van der Waals surface area contributed by atoms with E-state index in [2.05, 4.69) is 30.8 Å². The van der Waals surface area contributed by atoms with Gasteiger partial charge in [-0.1, -0.05) is 6.07 Å². The number of carbonyl (C=O) groups excluding carboxylic acids is 1. The molecule has 0 unspecified atom stereocenters. The van der Waals surface area contributed by atoms with E-state index >= 15 is 0 Å². The Hall–Kier alpha value is -3.88. The third kappa shape index (κ3) is 3.95. The molecule has 3 aromatic heterocycles. The van der Waals surface area contributed by atoms with Crippen molar-refractivity contribution in [3.05, 3.63) is 71.7 Å². The lowest BCUT2D eigenvalue weighted by Gasteiger charge is -2.15. The number of pyridine rings is 2. The van der Waals surface area contributed by atoms with E-state index < -0.39 is 23.7 Å². The number of H-pyrrole nitrogens is 1. The molecule has 3 N–H and O–H groups in total. The molecule has 0 spiro atoms. The summed E-state index contributed by atoms with van der Waals surface area (Å²) < 4.78 is 26.5. The summed E-state index contributed by atoms with van der Waals surface area (Å²) in [5.74, 6) is -1.58. The second kappa shape index (κ2) is 7.86. The van der Waals surface area contributed by atoms with Crippen molar-refractivity contribution in [2.75, 3.05) is 5.32 Å². The molecule has 4 rings (SSSR count). The van der Waals surface area contributed by atoms with E-state index in [9.17, 15) is 13.6 Å². The van der Waals surface area contributed by atoms with Crippen molar-refractivity contribution in [1.29, 1.82) is 0 Å². The Morgan fingerprint density at radius 2 is 1.93 bits per heavy atom. The highest BCUT2D eigenvalue weighted by molar-refractivity contribution is 5.95. The van der Waals surface area contributed by atoms with Gasteiger partial charge in [-0.05, 0) is 43.7 Å². The largest absolute Gasteiger partial charge is 0.331 e. The minimum atomic E-state index is -0.965. The maximum atomic E-state index is 13.4. The number of hydrogen-bond donors (Lipinski definition) is 3. The lowest BCUT2D eigenvalue weighted by molar-refractivity contribution is 0.249. The number of fused-ring (bicyclic) bond motifs is 1. The van der Waals surface area contributed by atoms with Crippen LogP contribution in [-0.2, 0) is 0 Å². The molecule has 152 valence electrons. The normalized spacial score (nSPS) is 12.0. The Morgan fingerprint density at radius 1 is 1.10 bits per heavy atom. The number of aromatic amines is 1. The summed E-state index contributed by atoms with van der Waals surface area (Å²) in [6.07, 6.45) is 3.34. The van der Waals surface area contributed by atoms with Crippen molar-refractivity contribution in [2.45, 2.75) is 19.9 Å². The van der Waals surface area contributed by atoms with E-state index in [4.69, 9.17) is 0 Å². The quantitative estimate of drug-likeness (QED) is 0.464. The van der Waals surface area contributed by atoms with Crippen LogP contribution in [0, 0.1) is 18.6 Å². The first-order chi connectivity index (χ1) is 14.4. The molecule has 9 heteroatoms. The Morgan fingerprint density at radius 3 is 2.70 bits per heavy atom. The van der Waals surface area contributed by atoms with Gasteiger partial charge in [-0.15, -0.1) is 0 Å². The van der Waals surface area contributed by atoms with Gasteiger partial charge in [0.1, 0.15) is 11.5 Å². The van der Waals surface area contributed by atoms with Gasteiger partial charge in [0.25, 0.3) is 0 Å². The Balaban J connectivity index is 1.48. The van der Waals surface area contributed by atoms with Gasteiger partial charge in [0.2, 0.25) is 0 Å². The number of nitrogens with zero attached hydrogens (tertiary/aromatic N) is 3.